The van der Waals surface area contributed by atoms with Gasteiger partial charge in [0, 0.05) is 68.9 Å². The van der Waals surface area contributed by atoms with Gasteiger partial charge in [-0.1, -0.05) is 69.0 Å². The molecule has 5 amide bonds. The first-order valence-electron chi connectivity index (χ1n) is 20.0. The number of hydrazone groups is 1. The smallest absolute Gasteiger partial charge is 0.356 e. The molecule has 1 aliphatic rings. The number of carbonyl (C=O) groups is 5. The van der Waals surface area contributed by atoms with Crippen molar-refractivity contribution in [1.82, 2.24) is 21.1 Å². The lowest BCUT2D eigenvalue weighted by Gasteiger charge is -2.22. The van der Waals surface area contributed by atoms with Crippen molar-refractivity contribution in [1.29, 1.82) is 0 Å². The topological polar surface area (TPSA) is 194 Å². The van der Waals surface area contributed by atoms with Gasteiger partial charge in [0.15, 0.2) is 0 Å². The van der Waals surface area contributed by atoms with Gasteiger partial charge in [-0.25, -0.2) is 10.9 Å². The number of terminal acetylenes is 1. The molecule has 0 aliphatic carbocycles. The standard InChI is InChI=1S/C42H55F3N8O6/c1-3-4-11-28-53(39(57)25-24-37(55)49-47-30-33-16-20-34(21-17-33)41(51-52-41)42(43,44)45)29-12-7-8-13-31(2)40(58)46-27-26-32-18-22-35(23-19-32)48-36(54)14-9-5-6-10-15-38(56)50-59/h1,16-23,30-31,59H,4-15,24-29H2,2H3,(H,46,58)(H,48,54)(H,49,55)(H,50,56)/b47-30+/t31-/m1/s1. The Labute approximate surface area is 343 Å². The summed E-state index contributed by atoms with van der Waals surface area (Å²) in [5.74, 6) is 1.19. The summed E-state index contributed by atoms with van der Waals surface area (Å²) in [4.78, 5) is 63.0. The fourth-order valence-corrected chi connectivity index (χ4v) is 6.11. The van der Waals surface area contributed by atoms with Gasteiger partial charge < -0.3 is 15.5 Å². The van der Waals surface area contributed by atoms with Gasteiger partial charge in [0.2, 0.25) is 29.5 Å². The highest BCUT2D eigenvalue weighted by Gasteiger charge is 2.65. The van der Waals surface area contributed by atoms with Gasteiger partial charge in [0.1, 0.15) is 0 Å². The lowest BCUT2D eigenvalue weighted by atomic mass is 10.0. The molecule has 17 heteroatoms. The van der Waals surface area contributed by atoms with Crippen LogP contribution in [-0.4, -0.2) is 71.7 Å². The number of hydrogen-bond acceptors (Lipinski definition) is 9. The van der Waals surface area contributed by atoms with Crippen LogP contribution in [0.5, 0.6) is 0 Å². The number of nitrogens with zero attached hydrogens (tertiary/aromatic N) is 4. The average Bonchev–Trinajstić information content (AvgIpc) is 4.04. The normalized spacial score (nSPS) is 13.3. The van der Waals surface area contributed by atoms with Crippen molar-refractivity contribution in [2.75, 3.05) is 25.0 Å². The zero-order chi connectivity index (χ0) is 43.1. The van der Waals surface area contributed by atoms with E-state index < -0.39 is 23.7 Å². The van der Waals surface area contributed by atoms with Gasteiger partial charge >= 0.3 is 11.8 Å². The highest BCUT2D eigenvalue weighted by Crippen LogP contribution is 2.52. The summed E-state index contributed by atoms with van der Waals surface area (Å²) in [6.45, 7) is 3.32. The molecule has 14 nitrogen and oxygen atoms in total. The van der Waals surface area contributed by atoms with E-state index in [4.69, 9.17) is 11.6 Å². The third kappa shape index (κ3) is 17.4. The summed E-state index contributed by atoms with van der Waals surface area (Å²) in [6.07, 6.45) is 10.3. The maximum absolute atomic E-state index is 13.2. The SMILES string of the molecule is C#CCCCN(CCCCC[C@@H](C)C(=O)NCCc1ccc(NC(=O)CCCCCCC(=O)NO)cc1)C(=O)CCC(=O)N/N=C/c1ccc(C2(C(F)(F)F)N=N2)cc1. The summed E-state index contributed by atoms with van der Waals surface area (Å²) >= 11 is 0. The first-order valence-corrected chi connectivity index (χ1v) is 20.0. The number of hydrogen-bond donors (Lipinski definition) is 5. The Morgan fingerprint density at radius 1 is 0.847 bits per heavy atom. The second kappa shape index (κ2) is 25.0. The molecule has 0 aromatic heterocycles. The van der Waals surface area contributed by atoms with E-state index >= 15 is 0 Å². The van der Waals surface area contributed by atoms with E-state index in [-0.39, 0.29) is 48.5 Å². The number of halogens is 3. The van der Waals surface area contributed by atoms with Crippen LogP contribution in [0, 0.1) is 18.3 Å². The van der Waals surface area contributed by atoms with Gasteiger partial charge in [-0.2, -0.15) is 18.3 Å². The Balaban J connectivity index is 1.28. The van der Waals surface area contributed by atoms with Crippen LogP contribution in [0.1, 0.15) is 114 Å². The van der Waals surface area contributed by atoms with Crippen LogP contribution in [0.25, 0.3) is 0 Å². The van der Waals surface area contributed by atoms with E-state index in [9.17, 15) is 37.1 Å². The minimum absolute atomic E-state index is 0.0303. The average molecular weight is 825 g/mol. The molecule has 3 rings (SSSR count). The van der Waals surface area contributed by atoms with E-state index in [1.165, 1.54) is 30.5 Å². The number of unbranched alkanes of at least 4 members (excludes halogenated alkanes) is 6. The number of anilines is 1. The van der Waals surface area contributed by atoms with Gasteiger partial charge in [-0.3, -0.25) is 29.2 Å². The molecule has 0 unspecified atom stereocenters. The summed E-state index contributed by atoms with van der Waals surface area (Å²) in [5, 5.41) is 24.6. The minimum atomic E-state index is -4.62. The predicted molar refractivity (Wildman–Crippen MR) is 216 cm³/mol. The van der Waals surface area contributed by atoms with Crippen molar-refractivity contribution in [3.05, 3.63) is 65.2 Å². The Morgan fingerprint density at radius 2 is 1.49 bits per heavy atom. The lowest BCUT2D eigenvalue weighted by molar-refractivity contribution is -0.166. The molecule has 2 aromatic carbocycles. The Bertz CT molecular complexity index is 1770. The van der Waals surface area contributed by atoms with Gasteiger partial charge in [0.05, 0.1) is 6.21 Å². The Kier molecular flexibility index (Phi) is 20.2. The fraction of sp³-hybridized carbons (Fsp3) is 0.524. The molecule has 1 heterocycles. The quantitative estimate of drug-likeness (QED) is 0.0219. The van der Waals surface area contributed by atoms with Crippen LogP contribution in [-0.2, 0) is 36.1 Å². The molecule has 1 atom stereocenters. The van der Waals surface area contributed by atoms with Crippen LogP contribution >= 0.6 is 0 Å². The van der Waals surface area contributed by atoms with E-state index in [1.54, 1.807) is 10.4 Å². The van der Waals surface area contributed by atoms with Crippen molar-refractivity contribution in [3.63, 3.8) is 0 Å². The molecule has 0 spiro atoms. The van der Waals surface area contributed by atoms with Crippen molar-refractivity contribution >= 4 is 41.4 Å². The largest absolute Gasteiger partial charge is 0.442 e. The number of alkyl halides is 3. The maximum atomic E-state index is 13.2. The third-order valence-electron chi connectivity index (χ3n) is 9.72. The molecule has 0 saturated carbocycles. The Morgan fingerprint density at radius 3 is 2.12 bits per heavy atom. The summed E-state index contributed by atoms with van der Waals surface area (Å²) < 4.78 is 39.6. The molecule has 0 fully saturated rings. The first-order chi connectivity index (χ1) is 28.3. The third-order valence-corrected chi connectivity index (χ3v) is 9.72. The molecule has 0 saturated heterocycles. The number of carbonyl (C=O) groups excluding carboxylic acids is 5. The molecule has 2 aromatic rings. The van der Waals surface area contributed by atoms with Gasteiger partial charge in [-0.05, 0) is 61.8 Å². The zero-order valence-electron chi connectivity index (χ0n) is 33.5. The fourth-order valence-electron chi connectivity index (χ4n) is 6.11. The summed E-state index contributed by atoms with van der Waals surface area (Å²) in [5.41, 5.74) is 3.49. The zero-order valence-corrected chi connectivity index (χ0v) is 33.5. The maximum Gasteiger partial charge on any atom is 0.442 e. The van der Waals surface area contributed by atoms with Gasteiger partial charge in [0.25, 0.3) is 0 Å². The highest BCUT2D eigenvalue weighted by atomic mass is 19.4. The summed E-state index contributed by atoms with van der Waals surface area (Å²) in [7, 11) is 0. The van der Waals surface area contributed by atoms with Gasteiger partial charge in [-0.15, -0.1) is 22.6 Å². The number of hydroxylamine groups is 1. The van der Waals surface area contributed by atoms with E-state index in [2.05, 4.69) is 37.3 Å². The molecular weight excluding hydrogens is 770 g/mol. The first kappa shape index (κ1) is 47.7. The molecule has 0 bridgehead atoms. The number of amides is 5. The summed E-state index contributed by atoms with van der Waals surface area (Å²) in [6, 6.07) is 12.8. The Hall–Kier alpha value is -5.63. The number of nitrogens with one attached hydrogen (secondary N) is 4. The second-order valence-electron chi connectivity index (χ2n) is 14.5. The second-order valence-corrected chi connectivity index (χ2v) is 14.5. The lowest BCUT2D eigenvalue weighted by Crippen LogP contribution is -2.34. The monoisotopic (exact) mass is 824 g/mol. The van der Waals surface area contributed by atoms with Crippen molar-refractivity contribution < 1.29 is 42.4 Å². The van der Waals surface area contributed by atoms with Crippen molar-refractivity contribution in [2.24, 2.45) is 21.2 Å². The van der Waals surface area contributed by atoms with E-state index in [0.29, 0.717) is 75.8 Å². The molecule has 59 heavy (non-hydrogen) atoms. The number of benzene rings is 2. The predicted octanol–water partition coefficient (Wildman–Crippen LogP) is 6.68. The molecule has 320 valence electrons. The van der Waals surface area contributed by atoms with Crippen LogP contribution in [0.2, 0.25) is 0 Å². The van der Waals surface area contributed by atoms with E-state index in [0.717, 1.165) is 37.7 Å². The number of rotatable bonds is 27. The van der Waals surface area contributed by atoms with E-state index in [1.807, 2.05) is 31.2 Å². The minimum Gasteiger partial charge on any atom is -0.356 e. The molecule has 1 aliphatic heterocycles. The highest BCUT2D eigenvalue weighted by molar-refractivity contribution is 5.90. The molecular formula is C42H55F3N8O6. The molecule has 5 N–H and O–H groups in total. The van der Waals surface area contributed by atoms with Crippen molar-refractivity contribution in [3.8, 4) is 12.3 Å². The van der Waals surface area contributed by atoms with Crippen molar-refractivity contribution in [2.45, 2.75) is 115 Å². The van der Waals surface area contributed by atoms with Crippen LogP contribution in [0.4, 0.5) is 18.9 Å². The van der Waals surface area contributed by atoms with Crippen LogP contribution in [0.15, 0.2) is 63.9 Å². The van der Waals surface area contributed by atoms with Crippen LogP contribution in [0.3, 0.4) is 0 Å². The van der Waals surface area contributed by atoms with Crippen LogP contribution < -0.4 is 21.5 Å². The molecule has 0 radical (unpaired) electrons.